The number of piperidine rings is 1. The third kappa shape index (κ3) is 2.68. The lowest BCUT2D eigenvalue weighted by Crippen LogP contribution is -2.40. The van der Waals surface area contributed by atoms with Crippen molar-refractivity contribution in [2.45, 2.75) is 31.8 Å². The zero-order valence-electron chi connectivity index (χ0n) is 12.4. The first-order valence-corrected chi connectivity index (χ1v) is 7.78. The minimum absolute atomic E-state index is 0.0325. The van der Waals surface area contributed by atoms with Crippen molar-refractivity contribution in [3.05, 3.63) is 42.5 Å². The number of amides is 2. The molecular weight excluding hydrogens is 278 g/mol. The number of urea groups is 1. The molecule has 2 aromatic rings. The molecule has 114 valence electrons. The number of likely N-dealkylation sites (tertiary alicyclic amines) is 1. The van der Waals surface area contributed by atoms with Gasteiger partial charge in [-0.1, -0.05) is 12.1 Å². The van der Waals surface area contributed by atoms with E-state index in [4.69, 9.17) is 0 Å². The quantitative estimate of drug-likeness (QED) is 0.946. The number of fused-ring (bicyclic) bond motifs is 1. The highest BCUT2D eigenvalue weighted by atomic mass is 16.2. The number of benzene rings is 1. The average molecular weight is 297 g/mol. The second-order valence-corrected chi connectivity index (χ2v) is 6.12. The van der Waals surface area contributed by atoms with Crippen molar-refractivity contribution in [2.24, 2.45) is 5.92 Å². The van der Waals surface area contributed by atoms with E-state index >= 15 is 0 Å². The van der Waals surface area contributed by atoms with Gasteiger partial charge < -0.3 is 10.2 Å². The molecule has 1 saturated heterocycles. The van der Waals surface area contributed by atoms with Crippen molar-refractivity contribution in [1.29, 1.82) is 0 Å². The molecule has 0 radical (unpaired) electrons. The molecule has 0 bridgehead atoms. The number of hydrogen-bond donors (Lipinski definition) is 1. The van der Waals surface area contributed by atoms with Gasteiger partial charge in [0.2, 0.25) is 0 Å². The molecule has 4 rings (SSSR count). The Labute approximate surface area is 129 Å². The van der Waals surface area contributed by atoms with Gasteiger partial charge in [-0.3, -0.25) is 0 Å². The van der Waals surface area contributed by atoms with Gasteiger partial charge in [0.05, 0.1) is 6.54 Å². The van der Waals surface area contributed by atoms with Crippen LogP contribution < -0.4 is 5.32 Å². The predicted molar refractivity (Wildman–Crippen MR) is 82.4 cm³/mol. The molecule has 2 unspecified atom stereocenters. The van der Waals surface area contributed by atoms with Gasteiger partial charge in [-0.15, -0.1) is 0 Å². The number of carbonyl (C=O) groups excluding carboxylic acids is 1. The van der Waals surface area contributed by atoms with Crippen LogP contribution in [0.4, 0.5) is 10.5 Å². The lowest BCUT2D eigenvalue weighted by molar-refractivity contribution is 0.195. The molecule has 6 heteroatoms. The van der Waals surface area contributed by atoms with E-state index in [0.717, 1.165) is 30.1 Å². The van der Waals surface area contributed by atoms with Gasteiger partial charge in [0.25, 0.3) is 0 Å². The summed E-state index contributed by atoms with van der Waals surface area (Å²) >= 11 is 0. The predicted octanol–water partition coefficient (Wildman–Crippen LogP) is 2.34. The normalized spacial score (nSPS) is 23.0. The lowest BCUT2D eigenvalue weighted by atomic mass is 10.1. The molecule has 6 nitrogen and oxygen atoms in total. The Balaban J connectivity index is 1.43. The fourth-order valence-corrected chi connectivity index (χ4v) is 3.31. The van der Waals surface area contributed by atoms with Crippen LogP contribution in [0.5, 0.6) is 0 Å². The van der Waals surface area contributed by atoms with Gasteiger partial charge in [-0.05, 0) is 42.9 Å². The smallest absolute Gasteiger partial charge is 0.321 e. The fraction of sp³-hybridized carbons (Fsp3) is 0.438. The molecule has 2 aliphatic rings. The van der Waals surface area contributed by atoms with Gasteiger partial charge >= 0.3 is 6.03 Å². The third-order valence-corrected chi connectivity index (χ3v) is 4.51. The van der Waals surface area contributed by atoms with Gasteiger partial charge in [0.15, 0.2) is 0 Å². The minimum atomic E-state index is 0.0325. The Hall–Kier alpha value is -2.37. The largest absolute Gasteiger partial charge is 0.322 e. The molecule has 1 aliphatic carbocycles. The van der Waals surface area contributed by atoms with Gasteiger partial charge in [-0.25, -0.2) is 14.5 Å². The van der Waals surface area contributed by atoms with Crippen molar-refractivity contribution in [3.63, 3.8) is 0 Å². The molecule has 2 fully saturated rings. The summed E-state index contributed by atoms with van der Waals surface area (Å²) in [6, 6.07) is 8.41. The Kier molecular flexibility index (Phi) is 3.29. The summed E-state index contributed by atoms with van der Waals surface area (Å²) in [4.78, 5) is 18.4. The van der Waals surface area contributed by atoms with E-state index in [1.165, 1.54) is 19.2 Å². The van der Waals surface area contributed by atoms with Crippen LogP contribution in [0, 0.1) is 5.92 Å². The first-order valence-electron chi connectivity index (χ1n) is 7.78. The first-order chi connectivity index (χ1) is 10.8. The summed E-state index contributed by atoms with van der Waals surface area (Å²) in [7, 11) is 0. The van der Waals surface area contributed by atoms with E-state index < -0.39 is 0 Å². The maximum Gasteiger partial charge on any atom is 0.322 e. The fourth-order valence-electron chi connectivity index (χ4n) is 3.31. The van der Waals surface area contributed by atoms with Crippen LogP contribution in [0.1, 0.15) is 24.8 Å². The Morgan fingerprint density at radius 3 is 3.23 bits per heavy atom. The van der Waals surface area contributed by atoms with Gasteiger partial charge in [0.1, 0.15) is 12.7 Å². The van der Waals surface area contributed by atoms with Gasteiger partial charge in [0, 0.05) is 18.3 Å². The van der Waals surface area contributed by atoms with Crippen LogP contribution in [0.2, 0.25) is 0 Å². The van der Waals surface area contributed by atoms with Crippen LogP contribution in [-0.4, -0.2) is 38.3 Å². The van der Waals surface area contributed by atoms with Crippen molar-refractivity contribution < 1.29 is 4.79 Å². The second-order valence-electron chi connectivity index (χ2n) is 6.12. The summed E-state index contributed by atoms with van der Waals surface area (Å²) in [5.74, 6) is 0.748. The topological polar surface area (TPSA) is 63.1 Å². The van der Waals surface area contributed by atoms with Crippen molar-refractivity contribution in [3.8, 4) is 0 Å². The van der Waals surface area contributed by atoms with Crippen molar-refractivity contribution >= 4 is 11.7 Å². The standard InChI is InChI=1S/C16H19N5O/c22-16(21-6-2-4-13-8-15(13)21)19-14-5-1-3-12(7-14)9-20-11-17-10-18-20/h1,3,5,7,10-11,13,15H,2,4,6,8-9H2,(H,19,22). The number of rotatable bonds is 3. The summed E-state index contributed by atoms with van der Waals surface area (Å²) in [6.45, 7) is 1.53. The summed E-state index contributed by atoms with van der Waals surface area (Å²) in [5.41, 5.74) is 1.93. The van der Waals surface area contributed by atoms with E-state index in [0.29, 0.717) is 12.6 Å². The SMILES string of the molecule is O=C(Nc1cccc(Cn2cncn2)c1)N1CCCC2CC21. The van der Waals surface area contributed by atoms with Crippen molar-refractivity contribution in [1.82, 2.24) is 19.7 Å². The molecule has 1 N–H and O–H groups in total. The van der Waals surface area contributed by atoms with E-state index in [2.05, 4.69) is 15.4 Å². The number of nitrogens with one attached hydrogen (secondary N) is 1. The van der Waals surface area contributed by atoms with E-state index in [-0.39, 0.29) is 6.03 Å². The maximum atomic E-state index is 12.4. The van der Waals surface area contributed by atoms with E-state index in [1.807, 2.05) is 29.2 Å². The van der Waals surface area contributed by atoms with E-state index in [1.54, 1.807) is 11.0 Å². The highest BCUT2D eigenvalue weighted by Gasteiger charge is 2.45. The average Bonchev–Trinajstić information content (AvgIpc) is 3.15. The Bertz CT molecular complexity index is 669. The molecule has 2 heterocycles. The molecule has 2 amide bonds. The summed E-state index contributed by atoms with van der Waals surface area (Å²) < 4.78 is 1.76. The van der Waals surface area contributed by atoms with Crippen LogP contribution in [0.15, 0.2) is 36.9 Å². The van der Waals surface area contributed by atoms with Crippen LogP contribution in [0.3, 0.4) is 0 Å². The Morgan fingerprint density at radius 1 is 1.41 bits per heavy atom. The zero-order chi connectivity index (χ0) is 14.9. The first kappa shape index (κ1) is 13.3. The molecular formula is C16H19N5O. The molecule has 22 heavy (non-hydrogen) atoms. The maximum absolute atomic E-state index is 12.4. The Morgan fingerprint density at radius 2 is 2.36 bits per heavy atom. The molecule has 1 aromatic carbocycles. The monoisotopic (exact) mass is 297 g/mol. The lowest BCUT2D eigenvalue weighted by Gasteiger charge is -2.26. The molecule has 1 aromatic heterocycles. The highest BCUT2D eigenvalue weighted by Crippen LogP contribution is 2.43. The molecule has 1 aliphatic heterocycles. The van der Waals surface area contributed by atoms with E-state index in [9.17, 15) is 4.79 Å². The second kappa shape index (κ2) is 5.44. The van der Waals surface area contributed by atoms with Crippen LogP contribution >= 0.6 is 0 Å². The number of carbonyl (C=O) groups is 1. The summed E-state index contributed by atoms with van der Waals surface area (Å²) in [5, 5.41) is 7.13. The number of aromatic nitrogens is 3. The minimum Gasteiger partial charge on any atom is -0.321 e. The summed E-state index contributed by atoms with van der Waals surface area (Å²) in [6.07, 6.45) is 6.79. The molecule has 0 spiro atoms. The molecule has 2 atom stereocenters. The zero-order valence-corrected chi connectivity index (χ0v) is 12.4. The number of anilines is 1. The third-order valence-electron chi connectivity index (χ3n) is 4.51. The van der Waals surface area contributed by atoms with Gasteiger partial charge in [-0.2, -0.15) is 5.10 Å². The highest BCUT2D eigenvalue weighted by molar-refractivity contribution is 5.90. The molecule has 1 saturated carbocycles. The number of hydrogen-bond acceptors (Lipinski definition) is 3. The van der Waals surface area contributed by atoms with Crippen LogP contribution in [0.25, 0.3) is 0 Å². The van der Waals surface area contributed by atoms with Crippen LogP contribution in [-0.2, 0) is 6.54 Å². The van der Waals surface area contributed by atoms with Crippen molar-refractivity contribution in [2.75, 3.05) is 11.9 Å². The number of nitrogens with zero attached hydrogens (tertiary/aromatic N) is 4.